The van der Waals surface area contributed by atoms with Gasteiger partial charge in [-0.3, -0.25) is 4.79 Å². The van der Waals surface area contributed by atoms with Gasteiger partial charge in [0.1, 0.15) is 29.0 Å². The molecule has 0 atom stereocenters. The average molecular weight is 506 g/mol. The number of hydrogen-bond acceptors (Lipinski definition) is 6. The molecule has 1 aromatic heterocycles. The zero-order valence-electron chi connectivity index (χ0n) is 18.1. The van der Waals surface area contributed by atoms with E-state index in [2.05, 4.69) is 26.2 Å². The van der Waals surface area contributed by atoms with Crippen LogP contribution in [-0.2, 0) is 4.74 Å². The van der Waals surface area contributed by atoms with E-state index in [9.17, 15) is 14.0 Å². The third kappa shape index (κ3) is 5.22. The molecular formula is C22H25BrFN5O3. The monoisotopic (exact) mass is 505 g/mol. The van der Waals surface area contributed by atoms with E-state index in [1.54, 1.807) is 32.9 Å². The molecule has 0 saturated carbocycles. The van der Waals surface area contributed by atoms with Crippen molar-refractivity contribution in [3.8, 4) is 17.3 Å². The number of carbonyl (C=O) groups excluding carboxylic acids is 1. The number of anilines is 2. The van der Waals surface area contributed by atoms with E-state index in [0.29, 0.717) is 43.0 Å². The van der Waals surface area contributed by atoms with Crippen LogP contribution in [0.1, 0.15) is 39.2 Å². The number of amides is 1. The minimum Gasteiger partial charge on any atom is -0.444 e. The summed E-state index contributed by atoms with van der Waals surface area (Å²) in [4.78, 5) is 29.8. The molecule has 10 heteroatoms. The molecule has 2 heterocycles. The van der Waals surface area contributed by atoms with Crippen molar-refractivity contribution >= 4 is 33.5 Å². The number of nitrogens with zero attached hydrogens (tertiary/aromatic N) is 2. The van der Waals surface area contributed by atoms with Crippen LogP contribution < -0.4 is 21.4 Å². The molecule has 1 aliphatic rings. The summed E-state index contributed by atoms with van der Waals surface area (Å²) in [6, 6.07) is 5.84. The minimum atomic E-state index is -0.676. The van der Waals surface area contributed by atoms with Crippen molar-refractivity contribution in [1.82, 2.24) is 10.3 Å². The summed E-state index contributed by atoms with van der Waals surface area (Å²) in [7, 11) is 0. The van der Waals surface area contributed by atoms with Crippen LogP contribution in [0.2, 0.25) is 0 Å². The standard InChI is InChI=1S/C22H25BrFN5O3/c1-22(2,3)32-21(31)27-14-6-8-29(9-7-14)20-17(26)19(30)16(23)18(28-20)12-4-5-13(11-25)15(24)10-12/h4-5,10,14H,6-9,26H2,1-3H3,(H,27,31)(H,28,30). The van der Waals surface area contributed by atoms with Crippen LogP contribution in [0.15, 0.2) is 27.5 Å². The van der Waals surface area contributed by atoms with Crippen LogP contribution in [0.5, 0.6) is 0 Å². The van der Waals surface area contributed by atoms with E-state index < -0.39 is 22.9 Å². The molecule has 1 saturated heterocycles. The van der Waals surface area contributed by atoms with Gasteiger partial charge in [-0.05, 0) is 61.7 Å². The summed E-state index contributed by atoms with van der Waals surface area (Å²) in [5, 5.41) is 11.8. The summed E-state index contributed by atoms with van der Waals surface area (Å²) in [6.07, 6.45) is 0.813. The third-order valence-corrected chi connectivity index (χ3v) is 5.83. The summed E-state index contributed by atoms with van der Waals surface area (Å²) in [5.41, 5.74) is 5.87. The maximum atomic E-state index is 14.1. The van der Waals surface area contributed by atoms with Gasteiger partial charge < -0.3 is 25.7 Å². The highest BCUT2D eigenvalue weighted by Crippen LogP contribution is 2.31. The van der Waals surface area contributed by atoms with Crippen molar-refractivity contribution in [3.63, 3.8) is 0 Å². The second-order valence-corrected chi connectivity index (χ2v) is 9.41. The summed E-state index contributed by atoms with van der Waals surface area (Å²) in [5.74, 6) is -0.237. The van der Waals surface area contributed by atoms with Crippen molar-refractivity contribution in [2.24, 2.45) is 0 Å². The van der Waals surface area contributed by atoms with E-state index in [-0.39, 0.29) is 21.8 Å². The number of nitrogen functional groups attached to an aromatic ring is 1. The number of alkyl carbamates (subject to hydrolysis) is 1. The maximum absolute atomic E-state index is 14.1. The Morgan fingerprint density at radius 3 is 2.59 bits per heavy atom. The molecule has 0 bridgehead atoms. The SMILES string of the molecule is CC(C)(C)OC(=O)NC1CCN(c2[nH]c(-c3ccc(C#N)c(F)c3)c(Br)c(=O)c2N)CC1. The van der Waals surface area contributed by atoms with Gasteiger partial charge in [-0.15, -0.1) is 0 Å². The van der Waals surface area contributed by atoms with Crippen molar-refractivity contribution in [1.29, 1.82) is 5.26 Å². The number of benzene rings is 1. The van der Waals surface area contributed by atoms with Gasteiger partial charge in [0.2, 0.25) is 5.43 Å². The second-order valence-electron chi connectivity index (χ2n) is 8.62. The first kappa shape index (κ1) is 23.6. The highest BCUT2D eigenvalue weighted by Gasteiger charge is 2.26. The van der Waals surface area contributed by atoms with Crippen LogP contribution in [0.25, 0.3) is 11.3 Å². The Morgan fingerprint density at radius 1 is 1.38 bits per heavy atom. The number of nitrogens with two attached hydrogens (primary N) is 1. The Morgan fingerprint density at radius 2 is 2.03 bits per heavy atom. The number of aromatic nitrogens is 1. The first-order chi connectivity index (χ1) is 15.0. The lowest BCUT2D eigenvalue weighted by molar-refractivity contribution is 0.0497. The number of nitrogens with one attached hydrogen (secondary N) is 2. The molecule has 8 nitrogen and oxygen atoms in total. The zero-order valence-corrected chi connectivity index (χ0v) is 19.7. The van der Waals surface area contributed by atoms with Gasteiger partial charge in [-0.2, -0.15) is 5.26 Å². The number of ether oxygens (including phenoxy) is 1. The maximum Gasteiger partial charge on any atom is 0.407 e. The number of pyridine rings is 1. The Labute approximate surface area is 193 Å². The van der Waals surface area contributed by atoms with Gasteiger partial charge in [-0.25, -0.2) is 9.18 Å². The molecule has 0 unspecified atom stereocenters. The summed E-state index contributed by atoms with van der Waals surface area (Å²) in [6.45, 7) is 6.50. The van der Waals surface area contributed by atoms with Crippen LogP contribution in [-0.4, -0.2) is 35.8 Å². The minimum absolute atomic E-state index is 0.0493. The van der Waals surface area contributed by atoms with Gasteiger partial charge >= 0.3 is 6.09 Å². The number of hydrogen-bond donors (Lipinski definition) is 3. The lowest BCUT2D eigenvalue weighted by Crippen LogP contribution is -2.46. The second kappa shape index (κ2) is 9.20. The van der Waals surface area contributed by atoms with Gasteiger partial charge in [0.25, 0.3) is 0 Å². The van der Waals surface area contributed by atoms with E-state index in [0.717, 1.165) is 0 Å². The molecule has 4 N–H and O–H groups in total. The first-order valence-corrected chi connectivity index (χ1v) is 10.9. The van der Waals surface area contributed by atoms with Crippen LogP contribution in [0.4, 0.5) is 20.7 Å². The lowest BCUT2D eigenvalue weighted by atomic mass is 10.0. The van der Waals surface area contributed by atoms with Gasteiger partial charge in [0.05, 0.1) is 15.7 Å². The fourth-order valence-electron chi connectivity index (χ4n) is 3.51. The predicted octanol–water partition coefficient (Wildman–Crippen LogP) is 3.89. The van der Waals surface area contributed by atoms with E-state index in [1.165, 1.54) is 12.1 Å². The van der Waals surface area contributed by atoms with Crippen molar-refractivity contribution in [2.45, 2.75) is 45.3 Å². The molecule has 32 heavy (non-hydrogen) atoms. The van der Waals surface area contributed by atoms with Gasteiger partial charge in [0, 0.05) is 24.7 Å². The molecule has 3 rings (SSSR count). The molecule has 0 aliphatic carbocycles. The van der Waals surface area contributed by atoms with E-state index >= 15 is 0 Å². The number of rotatable bonds is 3. The Bertz CT molecular complexity index is 1130. The fourth-order valence-corrected chi connectivity index (χ4v) is 4.05. The number of piperidine rings is 1. The lowest BCUT2D eigenvalue weighted by Gasteiger charge is -2.34. The highest BCUT2D eigenvalue weighted by atomic mass is 79.9. The van der Waals surface area contributed by atoms with Crippen molar-refractivity contribution < 1.29 is 13.9 Å². The zero-order chi connectivity index (χ0) is 23.6. The smallest absolute Gasteiger partial charge is 0.407 e. The fraction of sp³-hybridized carbons (Fsp3) is 0.409. The number of aromatic amines is 1. The predicted molar refractivity (Wildman–Crippen MR) is 124 cm³/mol. The van der Waals surface area contributed by atoms with Crippen LogP contribution >= 0.6 is 15.9 Å². The Kier molecular flexibility index (Phi) is 6.79. The number of halogens is 2. The molecule has 1 aromatic carbocycles. The molecule has 0 spiro atoms. The molecule has 170 valence electrons. The average Bonchev–Trinajstić information content (AvgIpc) is 2.71. The summed E-state index contributed by atoms with van der Waals surface area (Å²) < 4.78 is 19.6. The molecular weight excluding hydrogens is 481 g/mol. The van der Waals surface area contributed by atoms with Gasteiger partial charge in [-0.1, -0.05) is 6.07 Å². The molecule has 0 radical (unpaired) electrons. The number of H-pyrrole nitrogens is 1. The molecule has 1 amide bonds. The number of nitriles is 1. The van der Waals surface area contributed by atoms with Crippen LogP contribution in [0.3, 0.4) is 0 Å². The topological polar surface area (TPSA) is 124 Å². The normalized spacial score (nSPS) is 14.7. The van der Waals surface area contributed by atoms with Crippen molar-refractivity contribution in [3.05, 3.63) is 44.3 Å². The third-order valence-electron chi connectivity index (χ3n) is 5.07. The summed E-state index contributed by atoms with van der Waals surface area (Å²) >= 11 is 3.26. The van der Waals surface area contributed by atoms with Gasteiger partial charge in [0.15, 0.2) is 0 Å². The Hall–Kier alpha value is -3.06. The van der Waals surface area contributed by atoms with E-state index in [1.807, 2.05) is 4.90 Å². The Balaban J connectivity index is 1.81. The first-order valence-electron chi connectivity index (χ1n) is 10.2. The number of carbonyl (C=O) groups is 1. The van der Waals surface area contributed by atoms with Crippen LogP contribution in [0, 0.1) is 17.1 Å². The quantitative estimate of drug-likeness (QED) is 0.580. The highest BCUT2D eigenvalue weighted by molar-refractivity contribution is 9.10. The largest absolute Gasteiger partial charge is 0.444 e. The van der Waals surface area contributed by atoms with Crippen molar-refractivity contribution in [2.75, 3.05) is 23.7 Å². The molecule has 1 aliphatic heterocycles. The molecule has 2 aromatic rings. The van der Waals surface area contributed by atoms with E-state index in [4.69, 9.17) is 15.7 Å². The molecule has 1 fully saturated rings.